The van der Waals surface area contributed by atoms with Gasteiger partial charge < -0.3 is 5.32 Å². The second-order valence-corrected chi connectivity index (χ2v) is 4.35. The third-order valence-electron chi connectivity index (χ3n) is 2.23. The SMILES string of the molecule is CNC(C)(C)c1ccc(F)cc1Br. The van der Waals surface area contributed by atoms with Crippen LogP contribution in [-0.4, -0.2) is 7.05 Å². The van der Waals surface area contributed by atoms with Crippen LogP contribution in [0.3, 0.4) is 0 Å². The minimum atomic E-state index is -0.220. The van der Waals surface area contributed by atoms with Crippen LogP contribution in [0, 0.1) is 5.82 Å². The van der Waals surface area contributed by atoms with E-state index in [1.165, 1.54) is 12.1 Å². The molecule has 0 unspecified atom stereocenters. The predicted molar refractivity (Wildman–Crippen MR) is 56.2 cm³/mol. The summed E-state index contributed by atoms with van der Waals surface area (Å²) < 4.78 is 13.6. The maximum atomic E-state index is 12.8. The number of benzene rings is 1. The fourth-order valence-electron chi connectivity index (χ4n) is 1.13. The van der Waals surface area contributed by atoms with Crippen molar-refractivity contribution in [2.75, 3.05) is 7.05 Å². The zero-order chi connectivity index (χ0) is 10.1. The monoisotopic (exact) mass is 245 g/mol. The molecule has 0 spiro atoms. The van der Waals surface area contributed by atoms with Crippen molar-refractivity contribution in [2.45, 2.75) is 19.4 Å². The highest BCUT2D eigenvalue weighted by molar-refractivity contribution is 9.10. The van der Waals surface area contributed by atoms with Crippen LogP contribution in [-0.2, 0) is 5.54 Å². The van der Waals surface area contributed by atoms with E-state index in [1.807, 2.05) is 20.9 Å². The lowest BCUT2D eigenvalue weighted by atomic mass is 9.95. The van der Waals surface area contributed by atoms with Crippen molar-refractivity contribution in [3.05, 3.63) is 34.1 Å². The molecule has 1 rings (SSSR count). The summed E-state index contributed by atoms with van der Waals surface area (Å²) in [7, 11) is 1.88. The molecular formula is C10H13BrFN. The smallest absolute Gasteiger partial charge is 0.124 e. The summed E-state index contributed by atoms with van der Waals surface area (Å²) in [6.07, 6.45) is 0. The molecule has 1 aromatic carbocycles. The highest BCUT2D eigenvalue weighted by atomic mass is 79.9. The van der Waals surface area contributed by atoms with Gasteiger partial charge in [0.15, 0.2) is 0 Å². The van der Waals surface area contributed by atoms with E-state index in [0.717, 1.165) is 10.0 Å². The number of halogens is 2. The standard InChI is InChI=1S/C10H13BrFN/c1-10(2,13-3)8-5-4-7(12)6-9(8)11/h4-6,13H,1-3H3. The predicted octanol–water partition coefficient (Wildman–Crippen LogP) is 3.04. The summed E-state index contributed by atoms with van der Waals surface area (Å²) in [5.74, 6) is -0.220. The van der Waals surface area contributed by atoms with Gasteiger partial charge in [-0.25, -0.2) is 4.39 Å². The van der Waals surface area contributed by atoms with Gasteiger partial charge in [0.05, 0.1) is 0 Å². The Morgan fingerprint density at radius 3 is 2.46 bits per heavy atom. The lowest BCUT2D eigenvalue weighted by Gasteiger charge is -2.25. The summed E-state index contributed by atoms with van der Waals surface area (Å²) in [4.78, 5) is 0. The first kappa shape index (κ1) is 10.7. The first-order chi connectivity index (χ1) is 5.97. The Labute approximate surface area is 86.5 Å². The average Bonchev–Trinajstić information content (AvgIpc) is 2.03. The topological polar surface area (TPSA) is 12.0 Å². The summed E-state index contributed by atoms with van der Waals surface area (Å²) in [6.45, 7) is 4.09. The zero-order valence-corrected chi connectivity index (χ0v) is 9.57. The Balaban J connectivity index is 3.16. The van der Waals surface area contributed by atoms with Crippen LogP contribution in [0.25, 0.3) is 0 Å². The van der Waals surface area contributed by atoms with Crippen LogP contribution < -0.4 is 5.32 Å². The molecule has 1 N–H and O–H groups in total. The molecule has 0 amide bonds. The van der Waals surface area contributed by atoms with E-state index in [2.05, 4.69) is 21.2 Å². The van der Waals surface area contributed by atoms with Gasteiger partial charge in [0.25, 0.3) is 0 Å². The third-order valence-corrected chi connectivity index (χ3v) is 2.89. The summed E-state index contributed by atoms with van der Waals surface area (Å²) >= 11 is 3.34. The Kier molecular flexibility index (Phi) is 3.09. The lowest BCUT2D eigenvalue weighted by Crippen LogP contribution is -2.33. The van der Waals surface area contributed by atoms with Crippen molar-refractivity contribution >= 4 is 15.9 Å². The normalized spacial score (nSPS) is 11.8. The summed E-state index contributed by atoms with van der Waals surface area (Å²) in [5, 5.41) is 3.17. The third kappa shape index (κ3) is 2.29. The fourth-order valence-corrected chi connectivity index (χ4v) is 1.98. The van der Waals surface area contributed by atoms with E-state index in [9.17, 15) is 4.39 Å². The largest absolute Gasteiger partial charge is 0.311 e. The van der Waals surface area contributed by atoms with Crippen molar-refractivity contribution in [1.82, 2.24) is 5.32 Å². The molecule has 0 bridgehead atoms. The zero-order valence-electron chi connectivity index (χ0n) is 7.99. The molecule has 0 aliphatic heterocycles. The van der Waals surface area contributed by atoms with Gasteiger partial charge in [0, 0.05) is 10.0 Å². The molecule has 13 heavy (non-hydrogen) atoms. The van der Waals surface area contributed by atoms with Crippen LogP contribution in [0.5, 0.6) is 0 Å². The first-order valence-electron chi connectivity index (χ1n) is 4.12. The highest BCUT2D eigenvalue weighted by Crippen LogP contribution is 2.28. The maximum Gasteiger partial charge on any atom is 0.124 e. The molecule has 0 radical (unpaired) electrons. The quantitative estimate of drug-likeness (QED) is 0.845. The van der Waals surface area contributed by atoms with Crippen LogP contribution in [0.15, 0.2) is 22.7 Å². The lowest BCUT2D eigenvalue weighted by molar-refractivity contribution is 0.441. The second kappa shape index (κ2) is 3.76. The summed E-state index contributed by atoms with van der Waals surface area (Å²) in [6, 6.07) is 4.74. The maximum absolute atomic E-state index is 12.8. The van der Waals surface area contributed by atoms with Gasteiger partial charge in [0.2, 0.25) is 0 Å². The van der Waals surface area contributed by atoms with Crippen molar-refractivity contribution in [3.8, 4) is 0 Å². The van der Waals surface area contributed by atoms with E-state index < -0.39 is 0 Å². The van der Waals surface area contributed by atoms with Gasteiger partial charge >= 0.3 is 0 Å². The van der Waals surface area contributed by atoms with Gasteiger partial charge in [-0.15, -0.1) is 0 Å². The van der Waals surface area contributed by atoms with E-state index >= 15 is 0 Å². The molecule has 72 valence electrons. The number of rotatable bonds is 2. The average molecular weight is 246 g/mol. The first-order valence-corrected chi connectivity index (χ1v) is 4.91. The van der Waals surface area contributed by atoms with E-state index in [0.29, 0.717) is 0 Å². The van der Waals surface area contributed by atoms with Crippen molar-refractivity contribution in [3.63, 3.8) is 0 Å². The Bertz CT molecular complexity index is 310. The van der Waals surface area contributed by atoms with Gasteiger partial charge in [-0.1, -0.05) is 22.0 Å². The second-order valence-electron chi connectivity index (χ2n) is 3.50. The molecule has 0 heterocycles. The molecule has 0 saturated carbocycles. The van der Waals surface area contributed by atoms with Crippen LogP contribution in [0.2, 0.25) is 0 Å². The van der Waals surface area contributed by atoms with Gasteiger partial charge in [0.1, 0.15) is 5.82 Å². The molecule has 1 nitrogen and oxygen atoms in total. The fraction of sp³-hybridized carbons (Fsp3) is 0.400. The Morgan fingerprint density at radius 1 is 1.38 bits per heavy atom. The molecule has 3 heteroatoms. The van der Waals surface area contributed by atoms with E-state index in [1.54, 1.807) is 6.07 Å². The number of hydrogen-bond acceptors (Lipinski definition) is 1. The molecule has 0 aliphatic carbocycles. The molecule has 0 aliphatic rings. The van der Waals surface area contributed by atoms with E-state index in [-0.39, 0.29) is 11.4 Å². The van der Waals surface area contributed by atoms with Gasteiger partial charge in [-0.3, -0.25) is 0 Å². The molecule has 1 aromatic rings. The molecule has 0 aromatic heterocycles. The number of hydrogen-bond donors (Lipinski definition) is 1. The van der Waals surface area contributed by atoms with Crippen LogP contribution >= 0.6 is 15.9 Å². The summed E-state index contributed by atoms with van der Waals surface area (Å²) in [5.41, 5.74) is 0.906. The minimum Gasteiger partial charge on any atom is -0.311 e. The van der Waals surface area contributed by atoms with Crippen LogP contribution in [0.4, 0.5) is 4.39 Å². The van der Waals surface area contributed by atoms with Gasteiger partial charge in [-0.05, 0) is 38.6 Å². The van der Waals surface area contributed by atoms with Crippen molar-refractivity contribution in [1.29, 1.82) is 0 Å². The molecular weight excluding hydrogens is 233 g/mol. The van der Waals surface area contributed by atoms with E-state index in [4.69, 9.17) is 0 Å². The van der Waals surface area contributed by atoms with Crippen LogP contribution in [0.1, 0.15) is 19.4 Å². The number of nitrogens with one attached hydrogen (secondary N) is 1. The minimum absolute atomic E-state index is 0.146. The molecule has 0 saturated heterocycles. The Hall–Kier alpha value is -0.410. The van der Waals surface area contributed by atoms with Crippen molar-refractivity contribution < 1.29 is 4.39 Å². The highest BCUT2D eigenvalue weighted by Gasteiger charge is 2.20. The van der Waals surface area contributed by atoms with Crippen molar-refractivity contribution in [2.24, 2.45) is 0 Å². The molecule has 0 fully saturated rings. The Morgan fingerprint density at radius 2 is 2.00 bits per heavy atom. The van der Waals surface area contributed by atoms with Gasteiger partial charge in [-0.2, -0.15) is 0 Å². The molecule has 0 atom stereocenters.